The first-order valence-electron chi connectivity index (χ1n) is 5.78. The fourth-order valence-electron chi connectivity index (χ4n) is 1.59. The summed E-state index contributed by atoms with van der Waals surface area (Å²) in [4.78, 5) is 4.19. The van der Waals surface area contributed by atoms with Gasteiger partial charge in [0.25, 0.3) is 0 Å². The Hall–Kier alpha value is -2.42. The Kier molecular flexibility index (Phi) is 4.08. The molecule has 2 rings (SSSR count). The highest BCUT2D eigenvalue weighted by Crippen LogP contribution is 2.24. The van der Waals surface area contributed by atoms with Crippen LogP contribution in [0.4, 0.5) is 4.39 Å². The lowest BCUT2D eigenvalue weighted by molar-refractivity contribution is 0.376. The third-order valence-corrected chi connectivity index (χ3v) is 2.56. The van der Waals surface area contributed by atoms with Crippen LogP contribution in [0.3, 0.4) is 0 Å². The Labute approximate surface area is 109 Å². The second kappa shape index (κ2) is 5.96. The molecule has 0 fully saturated rings. The predicted molar refractivity (Wildman–Crippen MR) is 64.8 cm³/mol. The highest BCUT2D eigenvalue weighted by atomic mass is 19.1. The zero-order valence-electron chi connectivity index (χ0n) is 10.4. The average molecular weight is 261 g/mol. The van der Waals surface area contributed by atoms with Crippen molar-refractivity contribution in [3.05, 3.63) is 29.9 Å². The van der Waals surface area contributed by atoms with Crippen molar-refractivity contribution in [2.75, 3.05) is 7.11 Å². The van der Waals surface area contributed by atoms with Gasteiger partial charge in [-0.15, -0.1) is 0 Å². The van der Waals surface area contributed by atoms with Crippen molar-refractivity contribution in [2.45, 2.75) is 19.3 Å². The van der Waals surface area contributed by atoms with Crippen molar-refractivity contribution in [3.8, 4) is 23.2 Å². The van der Waals surface area contributed by atoms with Crippen molar-refractivity contribution in [1.29, 1.82) is 5.26 Å². The summed E-state index contributed by atoms with van der Waals surface area (Å²) in [6.07, 6.45) is 1.67. The van der Waals surface area contributed by atoms with Crippen LogP contribution in [0, 0.1) is 17.1 Å². The van der Waals surface area contributed by atoms with Crippen LogP contribution in [-0.4, -0.2) is 17.3 Å². The lowest BCUT2D eigenvalue weighted by atomic mass is 10.2. The third kappa shape index (κ3) is 3.07. The van der Waals surface area contributed by atoms with Gasteiger partial charge in [-0.1, -0.05) is 5.16 Å². The van der Waals surface area contributed by atoms with Crippen LogP contribution in [0.1, 0.15) is 18.7 Å². The van der Waals surface area contributed by atoms with Crippen LogP contribution >= 0.6 is 0 Å². The lowest BCUT2D eigenvalue weighted by Gasteiger charge is -2.02. The van der Waals surface area contributed by atoms with E-state index < -0.39 is 5.82 Å². The van der Waals surface area contributed by atoms with Crippen LogP contribution in [0.2, 0.25) is 0 Å². The summed E-state index contributed by atoms with van der Waals surface area (Å²) in [6.45, 7) is 0. The van der Waals surface area contributed by atoms with Crippen molar-refractivity contribution in [3.63, 3.8) is 0 Å². The molecule has 0 unspecified atom stereocenters. The van der Waals surface area contributed by atoms with Crippen LogP contribution in [0.5, 0.6) is 5.75 Å². The molecular formula is C13H12FN3O2. The Morgan fingerprint density at radius 3 is 3.05 bits per heavy atom. The lowest BCUT2D eigenvalue weighted by Crippen LogP contribution is -1.90. The fraction of sp³-hybridized carbons (Fsp3) is 0.308. The number of unbranched alkanes of at least 4 members (excludes halogenated alkanes) is 1. The summed E-state index contributed by atoms with van der Waals surface area (Å²) in [6, 6.07) is 6.41. The maximum atomic E-state index is 13.3. The van der Waals surface area contributed by atoms with Crippen molar-refractivity contribution in [2.24, 2.45) is 0 Å². The van der Waals surface area contributed by atoms with E-state index in [2.05, 4.69) is 10.1 Å². The quantitative estimate of drug-likeness (QED) is 0.774. The second-order valence-corrected chi connectivity index (χ2v) is 3.87. The molecule has 1 aromatic carbocycles. The molecule has 1 heterocycles. The number of aromatic nitrogens is 2. The highest BCUT2D eigenvalue weighted by molar-refractivity contribution is 5.57. The first-order chi connectivity index (χ1) is 9.24. The van der Waals surface area contributed by atoms with Crippen molar-refractivity contribution >= 4 is 0 Å². The molecule has 0 atom stereocenters. The number of hydrogen-bond donors (Lipinski definition) is 0. The smallest absolute Gasteiger partial charge is 0.226 e. The molecule has 0 aliphatic rings. The standard InChI is InChI=1S/C13H12FN3O2/c1-18-11-8-9(5-6-10(11)14)13-16-12(19-17-13)4-2-3-7-15/h5-6,8H,2-4H2,1H3. The normalized spacial score (nSPS) is 10.2. The Morgan fingerprint density at radius 2 is 2.32 bits per heavy atom. The van der Waals surface area contributed by atoms with Gasteiger partial charge in [-0.3, -0.25) is 0 Å². The number of halogens is 1. The minimum Gasteiger partial charge on any atom is -0.494 e. The minimum atomic E-state index is -0.441. The summed E-state index contributed by atoms with van der Waals surface area (Å²) in [5.74, 6) is 0.538. The largest absolute Gasteiger partial charge is 0.494 e. The fourth-order valence-corrected chi connectivity index (χ4v) is 1.59. The number of ether oxygens (including phenoxy) is 1. The van der Waals surface area contributed by atoms with Gasteiger partial charge in [0.05, 0.1) is 13.2 Å². The summed E-state index contributed by atoms with van der Waals surface area (Å²) in [5.41, 5.74) is 0.619. The molecule has 0 saturated heterocycles. The van der Waals surface area contributed by atoms with E-state index in [-0.39, 0.29) is 5.75 Å². The van der Waals surface area contributed by atoms with E-state index in [0.717, 1.165) is 0 Å². The molecule has 0 aliphatic heterocycles. The molecular weight excluding hydrogens is 249 g/mol. The summed E-state index contributed by atoms with van der Waals surface area (Å²) >= 11 is 0. The van der Waals surface area contributed by atoms with Gasteiger partial charge in [-0.2, -0.15) is 10.2 Å². The monoisotopic (exact) mass is 261 g/mol. The van der Waals surface area contributed by atoms with Gasteiger partial charge in [0.1, 0.15) is 0 Å². The zero-order chi connectivity index (χ0) is 13.7. The molecule has 98 valence electrons. The molecule has 0 aliphatic carbocycles. The van der Waals surface area contributed by atoms with E-state index in [1.54, 1.807) is 6.07 Å². The second-order valence-electron chi connectivity index (χ2n) is 3.87. The number of benzene rings is 1. The first-order valence-corrected chi connectivity index (χ1v) is 5.78. The van der Waals surface area contributed by atoms with Crippen molar-refractivity contribution < 1.29 is 13.7 Å². The Morgan fingerprint density at radius 1 is 1.47 bits per heavy atom. The SMILES string of the molecule is COc1cc(-c2noc(CCCC#N)n2)ccc1F. The van der Waals surface area contributed by atoms with Gasteiger partial charge >= 0.3 is 0 Å². The third-order valence-electron chi connectivity index (χ3n) is 2.56. The number of hydrogen-bond acceptors (Lipinski definition) is 5. The van der Waals surface area contributed by atoms with E-state index in [4.69, 9.17) is 14.5 Å². The molecule has 0 spiro atoms. The van der Waals surface area contributed by atoms with E-state index in [0.29, 0.717) is 36.5 Å². The zero-order valence-corrected chi connectivity index (χ0v) is 10.4. The summed E-state index contributed by atoms with van der Waals surface area (Å²) in [5, 5.41) is 12.3. The van der Waals surface area contributed by atoms with Gasteiger partial charge in [0.15, 0.2) is 11.6 Å². The maximum Gasteiger partial charge on any atom is 0.226 e. The topological polar surface area (TPSA) is 71.9 Å². The molecule has 2 aromatic rings. The number of aryl methyl sites for hydroxylation is 1. The predicted octanol–water partition coefficient (Wildman–Crippen LogP) is 2.73. The molecule has 0 saturated carbocycles. The van der Waals surface area contributed by atoms with E-state index in [9.17, 15) is 4.39 Å². The van der Waals surface area contributed by atoms with Gasteiger partial charge in [0.2, 0.25) is 11.7 Å². The molecule has 0 amide bonds. The van der Waals surface area contributed by atoms with E-state index in [1.165, 1.54) is 19.2 Å². The molecule has 0 bridgehead atoms. The Bertz CT molecular complexity index is 604. The van der Waals surface area contributed by atoms with Crippen LogP contribution in [-0.2, 0) is 6.42 Å². The van der Waals surface area contributed by atoms with Gasteiger partial charge < -0.3 is 9.26 Å². The van der Waals surface area contributed by atoms with Gasteiger partial charge in [-0.25, -0.2) is 4.39 Å². The van der Waals surface area contributed by atoms with Crippen LogP contribution in [0.25, 0.3) is 11.4 Å². The molecule has 1 aromatic heterocycles. The van der Waals surface area contributed by atoms with Crippen LogP contribution in [0.15, 0.2) is 22.7 Å². The number of nitrogens with zero attached hydrogens (tertiary/aromatic N) is 3. The average Bonchev–Trinajstić information content (AvgIpc) is 2.88. The van der Waals surface area contributed by atoms with Gasteiger partial charge in [-0.05, 0) is 24.6 Å². The Balaban J connectivity index is 2.16. The van der Waals surface area contributed by atoms with E-state index in [1.807, 2.05) is 6.07 Å². The number of rotatable bonds is 5. The maximum absolute atomic E-state index is 13.3. The molecule has 5 nitrogen and oxygen atoms in total. The van der Waals surface area contributed by atoms with Crippen LogP contribution < -0.4 is 4.74 Å². The van der Waals surface area contributed by atoms with E-state index >= 15 is 0 Å². The highest BCUT2D eigenvalue weighted by Gasteiger charge is 2.11. The first kappa shape index (κ1) is 13.0. The van der Waals surface area contributed by atoms with Crippen molar-refractivity contribution in [1.82, 2.24) is 10.1 Å². The molecule has 6 heteroatoms. The number of methoxy groups -OCH3 is 1. The summed E-state index contributed by atoms with van der Waals surface area (Å²) in [7, 11) is 1.39. The van der Waals surface area contributed by atoms with Gasteiger partial charge in [0, 0.05) is 18.4 Å². The summed E-state index contributed by atoms with van der Waals surface area (Å²) < 4.78 is 23.2. The molecule has 0 N–H and O–H groups in total. The molecule has 0 radical (unpaired) electrons. The molecule has 19 heavy (non-hydrogen) atoms. The number of nitriles is 1. The minimum absolute atomic E-state index is 0.133.